The number of hydrogen-bond acceptors (Lipinski definition) is 1. The highest BCUT2D eigenvalue weighted by atomic mass is 79.9. The second-order valence-electron chi connectivity index (χ2n) is 3.11. The molecule has 3 heteroatoms. The third-order valence-corrected chi connectivity index (χ3v) is 2.64. The molecule has 2 rings (SSSR count). The number of carbonyl (C=O) groups excluding carboxylic acids is 1. The van der Waals surface area contributed by atoms with Gasteiger partial charge in [0.25, 0.3) is 0 Å². The molecule has 0 aromatic heterocycles. The lowest BCUT2D eigenvalue weighted by Gasteiger charge is -2.04. The Kier molecular flexibility index (Phi) is 2.36. The molecule has 0 radical (unpaired) electrons. The van der Waals surface area contributed by atoms with E-state index in [0.717, 1.165) is 17.4 Å². The summed E-state index contributed by atoms with van der Waals surface area (Å²) < 4.78 is 0. The van der Waals surface area contributed by atoms with Crippen molar-refractivity contribution >= 4 is 27.5 Å². The van der Waals surface area contributed by atoms with Crippen molar-refractivity contribution in [3.63, 3.8) is 0 Å². The summed E-state index contributed by atoms with van der Waals surface area (Å²) in [7, 11) is 0. The highest BCUT2D eigenvalue weighted by Crippen LogP contribution is 2.26. The van der Waals surface area contributed by atoms with Crippen LogP contribution in [0.1, 0.15) is 11.1 Å². The van der Waals surface area contributed by atoms with E-state index in [9.17, 15) is 4.79 Å². The first-order valence-corrected chi connectivity index (χ1v) is 5.40. The largest absolute Gasteiger partial charge is 0.326 e. The van der Waals surface area contributed by atoms with Gasteiger partial charge in [-0.3, -0.25) is 4.79 Å². The van der Waals surface area contributed by atoms with Crippen molar-refractivity contribution < 1.29 is 4.79 Å². The molecule has 68 valence electrons. The Bertz CT molecular complexity index is 349. The standard InChI is InChI=1S/C10H10BrNO/c11-5-4-7-2-1-3-9-8(7)6-10(13)12-9/h1-3H,4-6H2,(H,12,13). The van der Waals surface area contributed by atoms with Crippen LogP contribution in [0.4, 0.5) is 5.69 Å². The Hall–Kier alpha value is -0.830. The van der Waals surface area contributed by atoms with E-state index in [0.29, 0.717) is 6.42 Å². The summed E-state index contributed by atoms with van der Waals surface area (Å²) >= 11 is 3.40. The molecule has 0 spiro atoms. The maximum absolute atomic E-state index is 11.1. The molecule has 0 saturated heterocycles. The molecule has 1 aromatic rings. The van der Waals surface area contributed by atoms with E-state index in [-0.39, 0.29) is 5.91 Å². The summed E-state index contributed by atoms with van der Waals surface area (Å²) in [6, 6.07) is 6.03. The van der Waals surface area contributed by atoms with Crippen molar-refractivity contribution in [1.82, 2.24) is 0 Å². The van der Waals surface area contributed by atoms with Gasteiger partial charge in [0.15, 0.2) is 0 Å². The van der Waals surface area contributed by atoms with Crippen LogP contribution < -0.4 is 5.32 Å². The Morgan fingerprint density at radius 1 is 1.46 bits per heavy atom. The highest BCUT2D eigenvalue weighted by Gasteiger charge is 2.19. The first-order chi connectivity index (χ1) is 6.31. The van der Waals surface area contributed by atoms with Crippen LogP contribution in [0.25, 0.3) is 0 Å². The number of rotatable bonds is 2. The molecule has 1 heterocycles. The molecule has 0 atom stereocenters. The zero-order chi connectivity index (χ0) is 9.26. The lowest BCUT2D eigenvalue weighted by molar-refractivity contribution is -0.115. The predicted octanol–water partition coefficient (Wildman–Crippen LogP) is 2.12. The van der Waals surface area contributed by atoms with Gasteiger partial charge in [-0.25, -0.2) is 0 Å². The van der Waals surface area contributed by atoms with E-state index in [4.69, 9.17) is 0 Å². The topological polar surface area (TPSA) is 29.1 Å². The van der Waals surface area contributed by atoms with Gasteiger partial charge in [0.05, 0.1) is 6.42 Å². The minimum Gasteiger partial charge on any atom is -0.326 e. The third kappa shape index (κ3) is 1.61. The van der Waals surface area contributed by atoms with Crippen LogP contribution in [0.2, 0.25) is 0 Å². The summed E-state index contributed by atoms with van der Waals surface area (Å²) in [4.78, 5) is 11.1. The highest BCUT2D eigenvalue weighted by molar-refractivity contribution is 9.09. The maximum atomic E-state index is 11.1. The SMILES string of the molecule is O=C1Cc2c(CCBr)cccc2N1. The zero-order valence-electron chi connectivity index (χ0n) is 7.14. The number of nitrogens with one attached hydrogen (secondary N) is 1. The number of hydrogen-bond donors (Lipinski definition) is 1. The van der Waals surface area contributed by atoms with E-state index < -0.39 is 0 Å². The molecule has 0 unspecified atom stereocenters. The van der Waals surface area contributed by atoms with Gasteiger partial charge in [-0.2, -0.15) is 0 Å². The zero-order valence-corrected chi connectivity index (χ0v) is 8.73. The van der Waals surface area contributed by atoms with Crippen molar-refractivity contribution in [3.8, 4) is 0 Å². The molecule has 2 nitrogen and oxygen atoms in total. The van der Waals surface area contributed by atoms with Gasteiger partial charge >= 0.3 is 0 Å². The van der Waals surface area contributed by atoms with Crippen molar-refractivity contribution in [3.05, 3.63) is 29.3 Å². The summed E-state index contributed by atoms with van der Waals surface area (Å²) in [6.45, 7) is 0. The van der Waals surface area contributed by atoms with Crippen molar-refractivity contribution in [2.75, 3.05) is 10.6 Å². The molecule has 1 aliphatic rings. The lowest BCUT2D eigenvalue weighted by atomic mass is 10.0. The van der Waals surface area contributed by atoms with E-state index in [2.05, 4.69) is 27.3 Å². The molecule has 0 saturated carbocycles. The summed E-state index contributed by atoms with van der Waals surface area (Å²) in [5.41, 5.74) is 3.43. The van der Waals surface area contributed by atoms with Crippen LogP contribution in [0.15, 0.2) is 18.2 Å². The Morgan fingerprint density at radius 2 is 2.31 bits per heavy atom. The minimum absolute atomic E-state index is 0.108. The molecule has 1 aliphatic heterocycles. The van der Waals surface area contributed by atoms with Gasteiger partial charge < -0.3 is 5.32 Å². The van der Waals surface area contributed by atoms with Crippen LogP contribution in [0.3, 0.4) is 0 Å². The van der Waals surface area contributed by atoms with Crippen molar-refractivity contribution in [2.24, 2.45) is 0 Å². The van der Waals surface area contributed by atoms with Crippen LogP contribution in [0.5, 0.6) is 0 Å². The normalized spacial score (nSPS) is 14.1. The van der Waals surface area contributed by atoms with Crippen molar-refractivity contribution in [2.45, 2.75) is 12.8 Å². The molecule has 1 aromatic carbocycles. The van der Waals surface area contributed by atoms with E-state index in [1.54, 1.807) is 0 Å². The number of benzene rings is 1. The Labute approximate surface area is 85.5 Å². The molecule has 0 bridgehead atoms. The fraction of sp³-hybridized carbons (Fsp3) is 0.300. The summed E-state index contributed by atoms with van der Waals surface area (Å²) in [5, 5.41) is 3.78. The molecule has 0 fully saturated rings. The van der Waals surface area contributed by atoms with Gasteiger partial charge in [0, 0.05) is 11.0 Å². The average molecular weight is 240 g/mol. The Morgan fingerprint density at radius 3 is 3.08 bits per heavy atom. The molecule has 1 N–H and O–H groups in total. The van der Waals surface area contributed by atoms with Crippen LogP contribution in [0, 0.1) is 0 Å². The lowest BCUT2D eigenvalue weighted by Crippen LogP contribution is -2.03. The summed E-state index contributed by atoms with van der Waals surface area (Å²) in [5.74, 6) is 0.108. The first kappa shape index (κ1) is 8.75. The van der Waals surface area contributed by atoms with Gasteiger partial charge in [-0.1, -0.05) is 28.1 Å². The van der Waals surface area contributed by atoms with Gasteiger partial charge in [0.1, 0.15) is 0 Å². The molecule has 0 aliphatic carbocycles. The molecular weight excluding hydrogens is 230 g/mol. The smallest absolute Gasteiger partial charge is 0.228 e. The van der Waals surface area contributed by atoms with Crippen LogP contribution in [-0.2, 0) is 17.6 Å². The van der Waals surface area contributed by atoms with Crippen LogP contribution >= 0.6 is 15.9 Å². The molecule has 1 amide bonds. The third-order valence-electron chi connectivity index (χ3n) is 2.25. The fourth-order valence-electron chi connectivity index (χ4n) is 1.65. The second kappa shape index (κ2) is 3.50. The molecular formula is C10H10BrNO. The number of amides is 1. The fourth-order valence-corrected chi connectivity index (χ4v) is 2.08. The van der Waals surface area contributed by atoms with E-state index in [1.807, 2.05) is 12.1 Å². The summed E-state index contributed by atoms with van der Waals surface area (Å²) in [6.07, 6.45) is 1.52. The van der Waals surface area contributed by atoms with Gasteiger partial charge in [-0.05, 0) is 23.6 Å². The predicted molar refractivity (Wildman–Crippen MR) is 56.3 cm³/mol. The number of anilines is 1. The average Bonchev–Trinajstić information content (AvgIpc) is 2.47. The van der Waals surface area contributed by atoms with E-state index in [1.165, 1.54) is 11.1 Å². The number of alkyl halides is 1. The number of carbonyl (C=O) groups is 1. The number of fused-ring (bicyclic) bond motifs is 1. The molecule has 13 heavy (non-hydrogen) atoms. The van der Waals surface area contributed by atoms with Crippen molar-refractivity contribution in [1.29, 1.82) is 0 Å². The first-order valence-electron chi connectivity index (χ1n) is 4.28. The number of halogens is 1. The Balaban J connectivity index is 2.39. The monoisotopic (exact) mass is 239 g/mol. The maximum Gasteiger partial charge on any atom is 0.228 e. The van der Waals surface area contributed by atoms with E-state index >= 15 is 0 Å². The van der Waals surface area contributed by atoms with Gasteiger partial charge in [0.2, 0.25) is 5.91 Å². The second-order valence-corrected chi connectivity index (χ2v) is 3.90. The van der Waals surface area contributed by atoms with Crippen LogP contribution in [-0.4, -0.2) is 11.2 Å². The minimum atomic E-state index is 0.108. The number of aryl methyl sites for hydroxylation is 1. The van der Waals surface area contributed by atoms with Gasteiger partial charge in [-0.15, -0.1) is 0 Å². The quantitative estimate of drug-likeness (QED) is 0.788.